The van der Waals surface area contributed by atoms with Crippen LogP contribution in [0.1, 0.15) is 52.9 Å². The van der Waals surface area contributed by atoms with E-state index in [2.05, 4.69) is 12.2 Å². The molecule has 1 saturated heterocycles. The van der Waals surface area contributed by atoms with Crippen molar-refractivity contribution in [2.75, 3.05) is 20.2 Å². The third kappa shape index (κ3) is 5.57. The zero-order chi connectivity index (χ0) is 25.0. The highest BCUT2D eigenvalue weighted by Crippen LogP contribution is 2.29. The first kappa shape index (κ1) is 24.9. The first-order valence-corrected chi connectivity index (χ1v) is 13.3. The zero-order valence-corrected chi connectivity index (χ0v) is 21.2. The van der Waals surface area contributed by atoms with Gasteiger partial charge in [0, 0.05) is 13.1 Å². The molecule has 1 aliphatic rings. The topological polar surface area (TPSA) is 75.7 Å². The quantitative estimate of drug-likeness (QED) is 0.507. The number of hydrogen-bond donors (Lipinski definition) is 1. The number of benzene rings is 3. The van der Waals surface area contributed by atoms with Crippen molar-refractivity contribution in [1.82, 2.24) is 9.62 Å². The van der Waals surface area contributed by atoms with Gasteiger partial charge in [-0.05, 0) is 55.0 Å². The van der Waals surface area contributed by atoms with Gasteiger partial charge in [-0.3, -0.25) is 4.79 Å². The average Bonchev–Trinajstić information content (AvgIpc) is 2.88. The van der Waals surface area contributed by atoms with Gasteiger partial charge in [0.25, 0.3) is 5.91 Å². The fourth-order valence-corrected chi connectivity index (χ4v) is 5.87. The van der Waals surface area contributed by atoms with Gasteiger partial charge in [0.05, 0.1) is 23.6 Å². The third-order valence-electron chi connectivity index (χ3n) is 6.61. The first-order valence-electron chi connectivity index (χ1n) is 11.9. The molecule has 1 aliphatic heterocycles. The lowest BCUT2D eigenvalue weighted by Gasteiger charge is -2.29. The van der Waals surface area contributed by atoms with Crippen molar-refractivity contribution in [3.05, 3.63) is 95.1 Å². The number of carbonyl (C=O) groups is 1. The second-order valence-corrected chi connectivity index (χ2v) is 11.1. The van der Waals surface area contributed by atoms with E-state index in [0.717, 1.165) is 29.5 Å². The molecule has 1 heterocycles. The lowest BCUT2D eigenvalue weighted by molar-refractivity contribution is 0.0939. The molecule has 0 bridgehead atoms. The summed E-state index contributed by atoms with van der Waals surface area (Å²) < 4.78 is 33.6. The predicted octanol–water partition coefficient (Wildman–Crippen LogP) is 4.94. The molecule has 0 aromatic heterocycles. The fraction of sp³-hybridized carbons (Fsp3) is 0.321. The third-order valence-corrected chi connectivity index (χ3v) is 8.51. The van der Waals surface area contributed by atoms with E-state index in [-0.39, 0.29) is 10.5 Å². The van der Waals surface area contributed by atoms with Crippen LogP contribution in [0, 0.1) is 12.8 Å². The maximum atomic E-state index is 13.5. The predicted molar refractivity (Wildman–Crippen MR) is 137 cm³/mol. The summed E-state index contributed by atoms with van der Waals surface area (Å²) in [7, 11) is -2.23. The molecule has 7 heteroatoms. The van der Waals surface area contributed by atoms with E-state index in [0.29, 0.717) is 24.8 Å². The minimum Gasteiger partial charge on any atom is -0.496 e. The van der Waals surface area contributed by atoms with E-state index in [1.165, 1.54) is 23.5 Å². The number of aryl methyl sites for hydroxylation is 1. The molecule has 4 rings (SSSR count). The summed E-state index contributed by atoms with van der Waals surface area (Å²) in [5.74, 6) is 0.431. The number of carbonyl (C=O) groups excluding carboxylic acids is 1. The van der Waals surface area contributed by atoms with Crippen molar-refractivity contribution in [3.63, 3.8) is 0 Å². The van der Waals surface area contributed by atoms with Crippen LogP contribution in [-0.4, -0.2) is 38.8 Å². The number of sulfonamides is 1. The fourth-order valence-electron chi connectivity index (χ4n) is 4.37. The Kier molecular flexibility index (Phi) is 7.57. The molecule has 0 saturated carbocycles. The molecule has 0 aliphatic carbocycles. The van der Waals surface area contributed by atoms with Crippen LogP contribution in [0.5, 0.6) is 5.75 Å². The lowest BCUT2D eigenvalue weighted by atomic mass is 9.97. The van der Waals surface area contributed by atoms with E-state index in [1.54, 1.807) is 6.07 Å². The van der Waals surface area contributed by atoms with Crippen LogP contribution in [0.4, 0.5) is 0 Å². The molecule has 1 N–H and O–H groups in total. The van der Waals surface area contributed by atoms with E-state index in [9.17, 15) is 13.2 Å². The summed E-state index contributed by atoms with van der Waals surface area (Å²) in [5, 5.41) is 3.10. The van der Waals surface area contributed by atoms with Gasteiger partial charge in [-0.25, -0.2) is 8.42 Å². The molecule has 0 unspecified atom stereocenters. The highest BCUT2D eigenvalue weighted by molar-refractivity contribution is 7.89. The molecule has 35 heavy (non-hydrogen) atoms. The smallest absolute Gasteiger partial charge is 0.255 e. The molecule has 0 radical (unpaired) electrons. The van der Waals surface area contributed by atoms with E-state index in [4.69, 9.17) is 4.74 Å². The minimum atomic E-state index is -3.71. The summed E-state index contributed by atoms with van der Waals surface area (Å²) in [6.45, 7) is 5.12. The van der Waals surface area contributed by atoms with Gasteiger partial charge < -0.3 is 10.1 Å². The van der Waals surface area contributed by atoms with Crippen LogP contribution in [-0.2, 0) is 10.0 Å². The Morgan fingerprint density at radius 3 is 2.23 bits per heavy atom. The first-order chi connectivity index (χ1) is 16.8. The number of nitrogens with one attached hydrogen (secondary N) is 1. The number of hydrogen-bond acceptors (Lipinski definition) is 4. The van der Waals surface area contributed by atoms with Crippen molar-refractivity contribution in [2.24, 2.45) is 5.92 Å². The highest BCUT2D eigenvalue weighted by atomic mass is 32.2. The Morgan fingerprint density at radius 1 is 0.971 bits per heavy atom. The molecule has 1 fully saturated rings. The van der Waals surface area contributed by atoms with Crippen molar-refractivity contribution in [1.29, 1.82) is 0 Å². The summed E-state index contributed by atoms with van der Waals surface area (Å²) in [6.07, 6.45) is 1.66. The van der Waals surface area contributed by atoms with Crippen molar-refractivity contribution < 1.29 is 17.9 Å². The number of amides is 1. The van der Waals surface area contributed by atoms with Gasteiger partial charge in [0.1, 0.15) is 5.75 Å². The second kappa shape index (κ2) is 10.6. The molecule has 3 aromatic rings. The number of nitrogens with zero attached hydrogens (tertiary/aromatic N) is 1. The van der Waals surface area contributed by atoms with Gasteiger partial charge in [-0.2, -0.15) is 4.31 Å². The van der Waals surface area contributed by atoms with Gasteiger partial charge in [-0.15, -0.1) is 0 Å². The van der Waals surface area contributed by atoms with Gasteiger partial charge >= 0.3 is 0 Å². The Morgan fingerprint density at radius 2 is 1.60 bits per heavy atom. The van der Waals surface area contributed by atoms with E-state index in [1.807, 2.05) is 61.5 Å². The zero-order valence-electron chi connectivity index (χ0n) is 20.4. The summed E-state index contributed by atoms with van der Waals surface area (Å²) >= 11 is 0. The van der Waals surface area contributed by atoms with Gasteiger partial charge in [0.15, 0.2) is 0 Å². The largest absolute Gasteiger partial charge is 0.496 e. The maximum Gasteiger partial charge on any atom is 0.255 e. The maximum absolute atomic E-state index is 13.5. The number of rotatable bonds is 7. The summed E-state index contributed by atoms with van der Waals surface area (Å²) in [4.78, 5) is 13.6. The molecule has 0 spiro atoms. The van der Waals surface area contributed by atoms with Crippen molar-refractivity contribution in [3.8, 4) is 5.75 Å². The summed E-state index contributed by atoms with van der Waals surface area (Å²) in [5.41, 5.74) is 3.17. The molecule has 1 atom stereocenters. The Bertz CT molecular complexity index is 1270. The average molecular weight is 493 g/mol. The number of ether oxygens (including phenoxy) is 1. The Hall–Kier alpha value is -3.16. The van der Waals surface area contributed by atoms with Crippen molar-refractivity contribution in [2.45, 2.75) is 37.6 Å². The Labute approximate surface area is 208 Å². The minimum absolute atomic E-state index is 0.101. The van der Waals surface area contributed by atoms with E-state index < -0.39 is 22.0 Å². The van der Waals surface area contributed by atoms with Crippen LogP contribution in [0.25, 0.3) is 0 Å². The standard InChI is InChI=1S/C28H32N2O4S/c1-20-9-11-23(12-10-20)27(22-7-5-4-6-8-22)29-28(31)25-19-24(13-14-26(25)34-3)35(32,33)30-17-15-21(2)16-18-30/h4-14,19,21,27H,15-18H2,1-3H3,(H,29,31)/t27-/m1/s1. The van der Waals surface area contributed by atoms with Crippen LogP contribution in [0.2, 0.25) is 0 Å². The van der Waals surface area contributed by atoms with Gasteiger partial charge in [0.2, 0.25) is 10.0 Å². The molecule has 1 amide bonds. The number of methoxy groups -OCH3 is 1. The van der Waals surface area contributed by atoms with Gasteiger partial charge in [-0.1, -0.05) is 67.1 Å². The van der Waals surface area contributed by atoms with E-state index >= 15 is 0 Å². The number of piperidine rings is 1. The highest BCUT2D eigenvalue weighted by Gasteiger charge is 2.30. The monoisotopic (exact) mass is 492 g/mol. The van der Waals surface area contributed by atoms with Crippen LogP contribution >= 0.6 is 0 Å². The van der Waals surface area contributed by atoms with Crippen LogP contribution < -0.4 is 10.1 Å². The summed E-state index contributed by atoms with van der Waals surface area (Å²) in [6, 6.07) is 21.8. The SMILES string of the molecule is COc1ccc(S(=O)(=O)N2CCC(C)CC2)cc1C(=O)N[C@H](c1ccccc1)c1ccc(C)cc1. The Balaban J connectivity index is 1.67. The molecular weight excluding hydrogens is 460 g/mol. The van der Waals surface area contributed by atoms with Crippen molar-refractivity contribution >= 4 is 15.9 Å². The second-order valence-electron chi connectivity index (χ2n) is 9.18. The molecule has 6 nitrogen and oxygen atoms in total. The van der Waals surface area contributed by atoms with Crippen LogP contribution in [0.15, 0.2) is 77.7 Å². The normalized spacial score (nSPS) is 16.0. The molecule has 184 valence electrons. The lowest BCUT2D eigenvalue weighted by Crippen LogP contribution is -2.38. The molecule has 3 aromatic carbocycles. The molecular formula is C28H32N2O4S. The van der Waals surface area contributed by atoms with Crippen LogP contribution in [0.3, 0.4) is 0 Å².